The summed E-state index contributed by atoms with van der Waals surface area (Å²) in [6.45, 7) is -0.695. The van der Waals surface area contributed by atoms with E-state index in [9.17, 15) is 18.4 Å². The number of nitriles is 1. The van der Waals surface area contributed by atoms with Gasteiger partial charge < -0.3 is 14.8 Å². The van der Waals surface area contributed by atoms with Crippen LogP contribution in [0.25, 0.3) is 6.08 Å². The van der Waals surface area contributed by atoms with Crippen molar-refractivity contribution in [2.75, 3.05) is 19.0 Å². The van der Waals surface area contributed by atoms with Gasteiger partial charge >= 0.3 is 5.97 Å². The van der Waals surface area contributed by atoms with Crippen LogP contribution < -0.4 is 10.1 Å². The maximum absolute atomic E-state index is 13.1. The van der Waals surface area contributed by atoms with Crippen LogP contribution in [0, 0.1) is 23.0 Å². The summed E-state index contributed by atoms with van der Waals surface area (Å²) in [6.07, 6.45) is 1.30. The van der Waals surface area contributed by atoms with Crippen LogP contribution in [0.15, 0.2) is 48.0 Å². The van der Waals surface area contributed by atoms with E-state index in [0.29, 0.717) is 11.3 Å². The normalized spacial score (nSPS) is 10.7. The van der Waals surface area contributed by atoms with E-state index in [4.69, 9.17) is 14.7 Å². The Labute approximate surface area is 153 Å². The number of hydrogen-bond acceptors (Lipinski definition) is 5. The lowest BCUT2D eigenvalue weighted by Gasteiger charge is -2.06. The van der Waals surface area contributed by atoms with Crippen LogP contribution in [0.4, 0.5) is 14.5 Å². The average Bonchev–Trinajstić information content (AvgIpc) is 2.67. The average molecular weight is 372 g/mol. The molecule has 0 bridgehead atoms. The number of ether oxygens (including phenoxy) is 2. The number of halogens is 2. The topological polar surface area (TPSA) is 88.4 Å². The maximum atomic E-state index is 13.1. The summed E-state index contributed by atoms with van der Waals surface area (Å²) in [5, 5.41) is 11.3. The van der Waals surface area contributed by atoms with Crippen LogP contribution in [0.5, 0.6) is 5.75 Å². The highest BCUT2D eigenvalue weighted by Crippen LogP contribution is 2.15. The number of nitrogens with zero attached hydrogens (tertiary/aromatic N) is 1. The molecule has 0 saturated carbocycles. The number of carbonyl (C=O) groups excluding carboxylic acids is 2. The first kappa shape index (κ1) is 19.6. The van der Waals surface area contributed by atoms with Crippen molar-refractivity contribution >= 4 is 23.6 Å². The maximum Gasteiger partial charge on any atom is 0.349 e. The quantitative estimate of drug-likeness (QED) is 0.478. The fourth-order valence-corrected chi connectivity index (χ4v) is 1.98. The van der Waals surface area contributed by atoms with E-state index in [2.05, 4.69) is 5.32 Å². The fourth-order valence-electron chi connectivity index (χ4n) is 1.98. The van der Waals surface area contributed by atoms with Crippen LogP contribution in [-0.4, -0.2) is 25.6 Å². The standard InChI is InChI=1S/C19H14F2N2O4/c1-26-15-5-2-12(3-6-15)8-13(10-22)19(25)27-11-18(24)23-14-4-7-16(20)17(21)9-14/h2-9H,11H2,1H3,(H,23,24)/b13-8+. The van der Waals surface area contributed by atoms with Gasteiger partial charge in [-0.3, -0.25) is 4.79 Å². The smallest absolute Gasteiger partial charge is 0.349 e. The van der Waals surface area contributed by atoms with E-state index >= 15 is 0 Å². The summed E-state index contributed by atoms with van der Waals surface area (Å²) >= 11 is 0. The van der Waals surface area contributed by atoms with Gasteiger partial charge in [0.05, 0.1) is 7.11 Å². The molecule has 27 heavy (non-hydrogen) atoms. The summed E-state index contributed by atoms with van der Waals surface area (Å²) in [7, 11) is 1.51. The first-order valence-electron chi connectivity index (χ1n) is 7.61. The summed E-state index contributed by atoms with van der Waals surface area (Å²) in [5.41, 5.74) is 0.264. The third-order valence-electron chi connectivity index (χ3n) is 3.30. The van der Waals surface area contributed by atoms with Crippen LogP contribution in [0.2, 0.25) is 0 Å². The first-order valence-corrected chi connectivity index (χ1v) is 7.61. The molecule has 8 heteroatoms. The van der Waals surface area contributed by atoms with Gasteiger partial charge in [0.2, 0.25) is 0 Å². The molecule has 1 amide bonds. The Morgan fingerprint density at radius 3 is 2.44 bits per heavy atom. The van der Waals surface area contributed by atoms with E-state index in [-0.39, 0.29) is 11.3 Å². The Kier molecular flexibility index (Phi) is 6.61. The molecule has 0 aliphatic heterocycles. The van der Waals surface area contributed by atoms with E-state index in [0.717, 1.165) is 18.2 Å². The van der Waals surface area contributed by atoms with Crippen molar-refractivity contribution in [3.05, 3.63) is 65.2 Å². The van der Waals surface area contributed by atoms with Gasteiger partial charge in [0.1, 0.15) is 17.4 Å². The molecule has 0 aliphatic rings. The van der Waals surface area contributed by atoms with E-state index in [1.807, 2.05) is 0 Å². The molecule has 0 aromatic heterocycles. The lowest BCUT2D eigenvalue weighted by molar-refractivity contribution is -0.142. The number of hydrogen-bond donors (Lipinski definition) is 1. The SMILES string of the molecule is COc1ccc(/C=C(\C#N)C(=O)OCC(=O)Nc2ccc(F)c(F)c2)cc1. The van der Waals surface area contributed by atoms with Crippen LogP contribution >= 0.6 is 0 Å². The Morgan fingerprint density at radius 2 is 1.85 bits per heavy atom. The van der Waals surface area contributed by atoms with Crippen molar-refractivity contribution in [2.24, 2.45) is 0 Å². The molecule has 0 radical (unpaired) electrons. The molecule has 0 aliphatic carbocycles. The fraction of sp³-hybridized carbons (Fsp3) is 0.105. The number of esters is 1. The van der Waals surface area contributed by atoms with Gasteiger partial charge in [-0.25, -0.2) is 13.6 Å². The number of amides is 1. The molecule has 0 fully saturated rings. The Morgan fingerprint density at radius 1 is 1.15 bits per heavy atom. The highest BCUT2D eigenvalue weighted by molar-refractivity contribution is 6.00. The Hall–Kier alpha value is -3.73. The minimum absolute atomic E-state index is 0.00392. The molecule has 2 aromatic carbocycles. The number of nitrogens with one attached hydrogen (secondary N) is 1. The number of anilines is 1. The third kappa shape index (κ3) is 5.64. The molecule has 0 spiro atoms. The number of carbonyl (C=O) groups is 2. The monoisotopic (exact) mass is 372 g/mol. The van der Waals surface area contributed by atoms with E-state index < -0.39 is 30.1 Å². The molecule has 0 unspecified atom stereocenters. The zero-order valence-electron chi connectivity index (χ0n) is 14.2. The van der Waals surface area contributed by atoms with Crippen LogP contribution in [0.3, 0.4) is 0 Å². The second kappa shape index (κ2) is 9.10. The zero-order chi connectivity index (χ0) is 19.8. The van der Waals surface area contributed by atoms with Gasteiger partial charge in [0.25, 0.3) is 5.91 Å². The van der Waals surface area contributed by atoms with Gasteiger partial charge in [-0.2, -0.15) is 5.26 Å². The van der Waals surface area contributed by atoms with Gasteiger partial charge in [-0.1, -0.05) is 12.1 Å². The van der Waals surface area contributed by atoms with Gasteiger partial charge in [0.15, 0.2) is 18.2 Å². The lowest BCUT2D eigenvalue weighted by Crippen LogP contribution is -2.21. The highest BCUT2D eigenvalue weighted by atomic mass is 19.2. The van der Waals surface area contributed by atoms with Crippen molar-refractivity contribution in [3.63, 3.8) is 0 Å². The number of benzene rings is 2. The Balaban J connectivity index is 1.95. The predicted octanol–water partition coefficient (Wildman–Crippen LogP) is 3.06. The van der Waals surface area contributed by atoms with Crippen LogP contribution in [0.1, 0.15) is 5.56 Å². The predicted molar refractivity (Wildman–Crippen MR) is 92.5 cm³/mol. The molecule has 0 saturated heterocycles. The summed E-state index contributed by atoms with van der Waals surface area (Å²) in [6, 6.07) is 11.1. The summed E-state index contributed by atoms with van der Waals surface area (Å²) in [4.78, 5) is 23.7. The molecule has 0 atom stereocenters. The molecular formula is C19H14F2N2O4. The molecule has 2 rings (SSSR count). The van der Waals surface area contributed by atoms with Crippen molar-refractivity contribution < 1.29 is 27.8 Å². The van der Waals surface area contributed by atoms with Gasteiger partial charge in [0, 0.05) is 11.8 Å². The summed E-state index contributed by atoms with van der Waals surface area (Å²) < 4.78 is 35.7. The van der Waals surface area contributed by atoms with Gasteiger partial charge in [-0.05, 0) is 35.9 Å². The van der Waals surface area contributed by atoms with Crippen molar-refractivity contribution in [1.82, 2.24) is 0 Å². The third-order valence-corrected chi connectivity index (χ3v) is 3.30. The van der Waals surface area contributed by atoms with Crippen molar-refractivity contribution in [2.45, 2.75) is 0 Å². The Bertz CT molecular complexity index is 918. The van der Waals surface area contributed by atoms with E-state index in [1.54, 1.807) is 30.3 Å². The molecule has 138 valence electrons. The largest absolute Gasteiger partial charge is 0.497 e. The minimum atomic E-state index is -1.13. The minimum Gasteiger partial charge on any atom is -0.497 e. The lowest BCUT2D eigenvalue weighted by atomic mass is 10.1. The van der Waals surface area contributed by atoms with Crippen molar-refractivity contribution in [3.8, 4) is 11.8 Å². The molecular weight excluding hydrogens is 358 g/mol. The second-order valence-electron chi connectivity index (χ2n) is 5.20. The van der Waals surface area contributed by atoms with Crippen molar-refractivity contribution in [1.29, 1.82) is 5.26 Å². The molecule has 2 aromatic rings. The number of methoxy groups -OCH3 is 1. The number of rotatable bonds is 6. The molecule has 1 N–H and O–H groups in total. The van der Waals surface area contributed by atoms with Gasteiger partial charge in [-0.15, -0.1) is 0 Å². The van der Waals surface area contributed by atoms with E-state index in [1.165, 1.54) is 13.2 Å². The molecule has 0 heterocycles. The highest BCUT2D eigenvalue weighted by Gasteiger charge is 2.14. The first-order chi connectivity index (χ1) is 12.9. The second-order valence-corrected chi connectivity index (χ2v) is 5.20. The summed E-state index contributed by atoms with van der Waals surface area (Å²) in [5.74, 6) is -3.33. The molecule has 6 nitrogen and oxygen atoms in total. The zero-order valence-corrected chi connectivity index (χ0v) is 14.2. The van der Waals surface area contributed by atoms with Crippen LogP contribution in [-0.2, 0) is 14.3 Å².